The molecule has 2 heterocycles. The van der Waals surface area contributed by atoms with Gasteiger partial charge in [0.1, 0.15) is 11.6 Å². The number of nitrogens with zero attached hydrogens (tertiary/aromatic N) is 3. The van der Waals surface area contributed by atoms with Crippen LogP contribution in [0.25, 0.3) is 0 Å². The van der Waals surface area contributed by atoms with Crippen molar-refractivity contribution < 1.29 is 0 Å². The molecule has 0 spiro atoms. The summed E-state index contributed by atoms with van der Waals surface area (Å²) in [6.45, 7) is 3.07. The van der Waals surface area contributed by atoms with Crippen molar-refractivity contribution in [2.24, 2.45) is 0 Å². The normalized spacial score (nSPS) is 19.1. The van der Waals surface area contributed by atoms with E-state index in [0.717, 1.165) is 24.6 Å². The van der Waals surface area contributed by atoms with Crippen LogP contribution >= 0.6 is 0 Å². The van der Waals surface area contributed by atoms with Crippen LogP contribution in [0.2, 0.25) is 0 Å². The van der Waals surface area contributed by atoms with Crippen molar-refractivity contribution in [3.63, 3.8) is 0 Å². The molecule has 3 rings (SSSR count). The number of fused-ring (bicyclic) bond motifs is 1. The molecule has 3 heteroatoms. The highest BCUT2D eigenvalue weighted by molar-refractivity contribution is 5.27. The van der Waals surface area contributed by atoms with E-state index >= 15 is 0 Å². The molecule has 1 aliphatic heterocycles. The Morgan fingerprint density at radius 2 is 2.00 bits per heavy atom. The molecule has 0 fully saturated rings. The molecule has 0 N–H and O–H groups in total. The van der Waals surface area contributed by atoms with E-state index in [2.05, 4.69) is 45.1 Å². The zero-order chi connectivity index (χ0) is 10.3. The molecule has 3 nitrogen and oxygen atoms in total. The summed E-state index contributed by atoms with van der Waals surface area (Å²) in [6, 6.07) is 10.6. The first-order chi connectivity index (χ1) is 7.36. The van der Waals surface area contributed by atoms with Gasteiger partial charge in [0, 0.05) is 12.5 Å². The predicted molar refractivity (Wildman–Crippen MR) is 57.7 cm³/mol. The molecule has 0 amide bonds. The highest BCUT2D eigenvalue weighted by Gasteiger charge is 2.27. The van der Waals surface area contributed by atoms with Crippen LogP contribution in [0.3, 0.4) is 0 Å². The van der Waals surface area contributed by atoms with Crippen molar-refractivity contribution in [3.05, 3.63) is 47.5 Å². The molecule has 0 aliphatic carbocycles. The Morgan fingerprint density at radius 3 is 2.80 bits per heavy atom. The molecule has 2 aromatic rings. The van der Waals surface area contributed by atoms with E-state index in [0.29, 0.717) is 5.92 Å². The van der Waals surface area contributed by atoms with Gasteiger partial charge in [-0.2, -0.15) is 0 Å². The summed E-state index contributed by atoms with van der Waals surface area (Å²) in [7, 11) is 0. The molecule has 15 heavy (non-hydrogen) atoms. The maximum absolute atomic E-state index is 4.27. The molecular weight excluding hydrogens is 186 g/mol. The Kier molecular flexibility index (Phi) is 1.84. The van der Waals surface area contributed by atoms with Crippen LogP contribution in [0, 0.1) is 6.92 Å². The summed E-state index contributed by atoms with van der Waals surface area (Å²) in [5, 5.41) is 8.39. The van der Waals surface area contributed by atoms with Gasteiger partial charge in [0.25, 0.3) is 0 Å². The van der Waals surface area contributed by atoms with E-state index in [9.17, 15) is 0 Å². The van der Waals surface area contributed by atoms with Crippen molar-refractivity contribution in [2.75, 3.05) is 0 Å². The Bertz CT molecular complexity index is 473. The molecule has 1 aliphatic rings. The van der Waals surface area contributed by atoms with Gasteiger partial charge >= 0.3 is 0 Å². The van der Waals surface area contributed by atoms with Crippen molar-refractivity contribution in [1.82, 2.24) is 14.8 Å². The number of rotatable bonds is 1. The molecule has 0 bridgehead atoms. The van der Waals surface area contributed by atoms with Gasteiger partial charge in [0.05, 0.1) is 0 Å². The predicted octanol–water partition coefficient (Wildman–Crippen LogP) is 2.12. The molecule has 1 aromatic carbocycles. The largest absolute Gasteiger partial charge is 0.315 e. The molecule has 0 saturated heterocycles. The lowest BCUT2D eigenvalue weighted by Gasteiger charge is -2.06. The SMILES string of the molecule is Cc1nnc2n1CCC2c1ccccc1. The minimum atomic E-state index is 0.437. The minimum Gasteiger partial charge on any atom is -0.315 e. The van der Waals surface area contributed by atoms with Gasteiger partial charge in [-0.05, 0) is 18.9 Å². The van der Waals surface area contributed by atoms with Crippen molar-refractivity contribution in [2.45, 2.75) is 25.8 Å². The minimum absolute atomic E-state index is 0.437. The standard InChI is InChI=1S/C12H13N3/c1-9-13-14-12-11(7-8-15(9)12)10-5-3-2-4-6-10/h2-6,11H,7-8H2,1H3. The highest BCUT2D eigenvalue weighted by Crippen LogP contribution is 2.32. The summed E-state index contributed by atoms with van der Waals surface area (Å²) >= 11 is 0. The summed E-state index contributed by atoms with van der Waals surface area (Å²) < 4.78 is 2.22. The van der Waals surface area contributed by atoms with Crippen molar-refractivity contribution in [3.8, 4) is 0 Å². The molecule has 1 aromatic heterocycles. The van der Waals surface area contributed by atoms with Crippen LogP contribution in [0.15, 0.2) is 30.3 Å². The van der Waals surface area contributed by atoms with Crippen LogP contribution in [-0.2, 0) is 6.54 Å². The second kappa shape index (κ2) is 3.19. The maximum Gasteiger partial charge on any atom is 0.140 e. The third-order valence-electron chi connectivity index (χ3n) is 3.12. The quantitative estimate of drug-likeness (QED) is 0.704. The highest BCUT2D eigenvalue weighted by atomic mass is 15.3. The van der Waals surface area contributed by atoms with Crippen molar-refractivity contribution >= 4 is 0 Å². The topological polar surface area (TPSA) is 30.7 Å². The third kappa shape index (κ3) is 1.27. The smallest absolute Gasteiger partial charge is 0.140 e. The zero-order valence-electron chi connectivity index (χ0n) is 8.72. The first-order valence-corrected chi connectivity index (χ1v) is 5.31. The summed E-state index contributed by atoms with van der Waals surface area (Å²) in [4.78, 5) is 0. The maximum atomic E-state index is 4.27. The first kappa shape index (κ1) is 8.65. The fourth-order valence-electron chi connectivity index (χ4n) is 2.32. The number of hydrogen-bond donors (Lipinski definition) is 0. The van der Waals surface area contributed by atoms with E-state index < -0.39 is 0 Å². The molecule has 1 atom stereocenters. The van der Waals surface area contributed by atoms with Crippen LogP contribution in [0.5, 0.6) is 0 Å². The number of aromatic nitrogens is 3. The van der Waals surface area contributed by atoms with Crippen LogP contribution in [-0.4, -0.2) is 14.8 Å². The van der Waals surface area contributed by atoms with Crippen LogP contribution in [0.4, 0.5) is 0 Å². The van der Waals surface area contributed by atoms with Gasteiger partial charge in [-0.3, -0.25) is 0 Å². The van der Waals surface area contributed by atoms with E-state index in [4.69, 9.17) is 0 Å². The zero-order valence-corrected chi connectivity index (χ0v) is 8.72. The first-order valence-electron chi connectivity index (χ1n) is 5.31. The molecular formula is C12H13N3. The van der Waals surface area contributed by atoms with Gasteiger partial charge < -0.3 is 4.57 Å². The van der Waals surface area contributed by atoms with Crippen LogP contribution in [0.1, 0.15) is 29.6 Å². The lowest BCUT2D eigenvalue weighted by atomic mass is 9.98. The molecule has 0 radical (unpaired) electrons. The fourth-order valence-corrected chi connectivity index (χ4v) is 2.32. The molecule has 1 unspecified atom stereocenters. The van der Waals surface area contributed by atoms with Gasteiger partial charge in [-0.25, -0.2) is 0 Å². The van der Waals surface area contributed by atoms with Gasteiger partial charge in [-0.1, -0.05) is 30.3 Å². The average Bonchev–Trinajstić information content (AvgIpc) is 2.83. The Morgan fingerprint density at radius 1 is 1.20 bits per heavy atom. The number of hydrogen-bond acceptors (Lipinski definition) is 2. The van der Waals surface area contributed by atoms with Gasteiger partial charge in [0.15, 0.2) is 0 Å². The monoisotopic (exact) mass is 199 g/mol. The van der Waals surface area contributed by atoms with Crippen molar-refractivity contribution in [1.29, 1.82) is 0 Å². The summed E-state index contributed by atoms with van der Waals surface area (Å²) in [6.07, 6.45) is 1.15. The average molecular weight is 199 g/mol. The van der Waals surface area contributed by atoms with E-state index in [1.54, 1.807) is 0 Å². The number of benzene rings is 1. The fraction of sp³-hybridized carbons (Fsp3) is 0.333. The van der Waals surface area contributed by atoms with Gasteiger partial charge in [0.2, 0.25) is 0 Å². The lowest BCUT2D eigenvalue weighted by molar-refractivity contribution is 0.691. The summed E-state index contributed by atoms with van der Waals surface area (Å²) in [5.74, 6) is 2.59. The Hall–Kier alpha value is -1.64. The third-order valence-corrected chi connectivity index (χ3v) is 3.12. The Labute approximate surface area is 88.8 Å². The molecule has 76 valence electrons. The lowest BCUT2D eigenvalue weighted by Crippen LogP contribution is -1.98. The van der Waals surface area contributed by atoms with Gasteiger partial charge in [-0.15, -0.1) is 10.2 Å². The second-order valence-corrected chi connectivity index (χ2v) is 4.01. The number of aryl methyl sites for hydroxylation is 1. The van der Waals surface area contributed by atoms with E-state index in [-0.39, 0.29) is 0 Å². The Balaban J connectivity index is 2.04. The van der Waals surface area contributed by atoms with Crippen LogP contribution < -0.4 is 0 Å². The van der Waals surface area contributed by atoms with E-state index in [1.165, 1.54) is 5.56 Å². The summed E-state index contributed by atoms with van der Waals surface area (Å²) in [5.41, 5.74) is 1.35. The second-order valence-electron chi connectivity index (χ2n) is 4.01. The molecule has 0 saturated carbocycles. The van der Waals surface area contributed by atoms with E-state index in [1.807, 2.05) is 6.92 Å².